The van der Waals surface area contributed by atoms with Crippen LogP contribution in [0.2, 0.25) is 0 Å². The largest absolute Gasteiger partial charge is 0.490 e. The van der Waals surface area contributed by atoms with Crippen LogP contribution >= 0.6 is 0 Å². The van der Waals surface area contributed by atoms with Crippen LogP contribution in [0.1, 0.15) is 11.1 Å². The number of hydrogen-bond acceptors (Lipinski definition) is 4. The Bertz CT molecular complexity index is 661. The number of fused-ring (bicyclic) bond motifs is 1. The predicted octanol–water partition coefficient (Wildman–Crippen LogP) is -0.107. The Morgan fingerprint density at radius 1 is 1.29 bits per heavy atom. The molecule has 0 radical (unpaired) electrons. The van der Waals surface area contributed by atoms with Gasteiger partial charge in [-0.2, -0.15) is 0 Å². The normalized spacial score (nSPS) is 13.1. The van der Waals surface area contributed by atoms with E-state index in [1.165, 1.54) is 6.20 Å². The van der Waals surface area contributed by atoms with Crippen molar-refractivity contribution in [1.82, 2.24) is 4.98 Å². The van der Waals surface area contributed by atoms with Crippen LogP contribution in [0, 0.1) is 0 Å². The van der Waals surface area contributed by atoms with Gasteiger partial charge in [-0.1, -0.05) is 36.4 Å². The highest BCUT2D eigenvalue weighted by molar-refractivity contribution is 6.58. The molecule has 0 bridgehead atoms. The van der Waals surface area contributed by atoms with Gasteiger partial charge in [0.25, 0.3) is 0 Å². The lowest BCUT2D eigenvalue weighted by molar-refractivity contribution is -0.117. The average molecular weight is 282 g/mol. The molecule has 1 aromatic heterocycles. The molecule has 3 rings (SSSR count). The van der Waals surface area contributed by atoms with Crippen LogP contribution in [0.25, 0.3) is 0 Å². The number of benzene rings is 1. The number of amides is 1. The zero-order valence-corrected chi connectivity index (χ0v) is 11.4. The third-order valence-electron chi connectivity index (χ3n) is 3.62. The molecule has 2 aromatic rings. The van der Waals surface area contributed by atoms with Crippen molar-refractivity contribution in [3.05, 3.63) is 53.7 Å². The van der Waals surface area contributed by atoms with E-state index in [2.05, 4.69) is 4.98 Å². The van der Waals surface area contributed by atoms with Gasteiger partial charge >= 0.3 is 7.12 Å². The van der Waals surface area contributed by atoms with Gasteiger partial charge in [-0.15, -0.1) is 0 Å². The van der Waals surface area contributed by atoms with Crippen LogP contribution in [-0.2, 0) is 17.6 Å². The van der Waals surface area contributed by atoms with E-state index < -0.39 is 7.12 Å². The van der Waals surface area contributed by atoms with Crippen LogP contribution < -0.4 is 10.4 Å². The van der Waals surface area contributed by atoms with E-state index in [4.69, 9.17) is 10.0 Å². The number of anilines is 1. The Morgan fingerprint density at radius 3 is 2.76 bits per heavy atom. The molecule has 21 heavy (non-hydrogen) atoms. The molecule has 0 aliphatic carbocycles. The Hall–Kier alpha value is -2.18. The van der Waals surface area contributed by atoms with Crippen LogP contribution in [0.4, 0.5) is 5.82 Å². The van der Waals surface area contributed by atoms with Gasteiger partial charge in [-0.05, 0) is 17.5 Å². The summed E-state index contributed by atoms with van der Waals surface area (Å²) >= 11 is 0. The Kier molecular flexibility index (Phi) is 3.73. The predicted molar refractivity (Wildman–Crippen MR) is 80.3 cm³/mol. The van der Waals surface area contributed by atoms with E-state index in [1.54, 1.807) is 11.0 Å². The maximum absolute atomic E-state index is 12.4. The molecule has 0 fully saturated rings. The summed E-state index contributed by atoms with van der Waals surface area (Å²) in [6.45, 7) is 0.582. The number of hydrogen-bond donors (Lipinski definition) is 2. The minimum Gasteiger partial charge on any atom is -0.423 e. The lowest BCUT2D eigenvalue weighted by Crippen LogP contribution is -2.32. The van der Waals surface area contributed by atoms with Crippen molar-refractivity contribution in [2.45, 2.75) is 12.8 Å². The van der Waals surface area contributed by atoms with Gasteiger partial charge in [0, 0.05) is 18.2 Å². The van der Waals surface area contributed by atoms with Gasteiger partial charge in [0.05, 0.1) is 6.42 Å². The van der Waals surface area contributed by atoms with Gasteiger partial charge in [0.2, 0.25) is 5.91 Å². The summed E-state index contributed by atoms with van der Waals surface area (Å²) in [6, 6.07) is 11.3. The van der Waals surface area contributed by atoms with Gasteiger partial charge in [-0.25, -0.2) is 4.98 Å². The van der Waals surface area contributed by atoms with Crippen molar-refractivity contribution in [2.75, 3.05) is 11.4 Å². The third kappa shape index (κ3) is 2.81. The molecule has 2 heterocycles. The zero-order valence-electron chi connectivity index (χ0n) is 11.4. The van der Waals surface area contributed by atoms with Crippen molar-refractivity contribution >= 4 is 24.3 Å². The van der Waals surface area contributed by atoms with E-state index >= 15 is 0 Å². The molecular formula is C15H15BN2O3. The van der Waals surface area contributed by atoms with E-state index in [0.29, 0.717) is 30.7 Å². The smallest absolute Gasteiger partial charge is 0.423 e. The van der Waals surface area contributed by atoms with Crippen molar-refractivity contribution in [3.8, 4) is 0 Å². The summed E-state index contributed by atoms with van der Waals surface area (Å²) < 4.78 is 0. The molecule has 0 spiro atoms. The number of carbonyl (C=O) groups excluding carboxylic acids is 1. The van der Waals surface area contributed by atoms with Crippen LogP contribution in [0.5, 0.6) is 0 Å². The van der Waals surface area contributed by atoms with Crippen LogP contribution in [-0.4, -0.2) is 34.6 Å². The highest BCUT2D eigenvalue weighted by atomic mass is 16.4. The Labute approximate surface area is 123 Å². The third-order valence-corrected chi connectivity index (χ3v) is 3.62. The number of pyridine rings is 1. The molecular weight excluding hydrogens is 267 g/mol. The maximum atomic E-state index is 12.4. The minimum atomic E-state index is -1.53. The lowest BCUT2D eigenvalue weighted by atomic mass is 9.81. The lowest BCUT2D eigenvalue weighted by Gasteiger charge is -2.16. The average Bonchev–Trinajstić information content (AvgIpc) is 2.91. The molecule has 6 heteroatoms. The number of nitrogens with zero attached hydrogens (tertiary/aromatic N) is 2. The number of rotatable bonds is 3. The second kappa shape index (κ2) is 5.67. The first-order valence-corrected chi connectivity index (χ1v) is 6.84. The molecule has 106 valence electrons. The number of carbonyl (C=O) groups is 1. The molecule has 0 saturated heterocycles. The first-order chi connectivity index (χ1) is 10.1. The molecule has 1 aliphatic heterocycles. The van der Waals surface area contributed by atoms with Gasteiger partial charge in [0.15, 0.2) is 0 Å². The van der Waals surface area contributed by atoms with E-state index in [1.807, 2.05) is 30.3 Å². The molecule has 1 aromatic carbocycles. The summed E-state index contributed by atoms with van der Waals surface area (Å²) in [6.07, 6.45) is 2.42. The summed E-state index contributed by atoms with van der Waals surface area (Å²) in [5, 5.41) is 18.3. The van der Waals surface area contributed by atoms with Crippen molar-refractivity contribution < 1.29 is 14.8 Å². The van der Waals surface area contributed by atoms with Gasteiger partial charge in [-0.3, -0.25) is 9.69 Å². The van der Waals surface area contributed by atoms with E-state index in [-0.39, 0.29) is 5.91 Å². The van der Waals surface area contributed by atoms with Crippen LogP contribution in [0.3, 0.4) is 0 Å². The summed E-state index contributed by atoms with van der Waals surface area (Å²) in [5.74, 6) is 0.630. The molecule has 2 N–H and O–H groups in total. The second-order valence-corrected chi connectivity index (χ2v) is 5.08. The highest BCUT2D eigenvalue weighted by Crippen LogP contribution is 2.25. The first-order valence-electron chi connectivity index (χ1n) is 6.84. The van der Waals surface area contributed by atoms with E-state index in [9.17, 15) is 4.79 Å². The fraction of sp³-hybridized carbons (Fsp3) is 0.200. The summed E-state index contributed by atoms with van der Waals surface area (Å²) in [5.41, 5.74) is 2.20. The van der Waals surface area contributed by atoms with Crippen LogP contribution in [0.15, 0.2) is 42.6 Å². The summed E-state index contributed by atoms with van der Waals surface area (Å²) in [4.78, 5) is 18.3. The van der Waals surface area contributed by atoms with Crippen molar-refractivity contribution in [1.29, 1.82) is 0 Å². The number of aromatic nitrogens is 1. The monoisotopic (exact) mass is 282 g/mol. The topological polar surface area (TPSA) is 73.7 Å². The molecule has 0 saturated carbocycles. The SMILES string of the molecule is O=C(Cc1ccccc1)N1CCc2cc(B(O)O)cnc21. The molecule has 5 nitrogen and oxygen atoms in total. The first kappa shape index (κ1) is 13.8. The molecule has 1 amide bonds. The molecule has 0 atom stereocenters. The van der Waals surface area contributed by atoms with E-state index in [0.717, 1.165) is 11.1 Å². The maximum Gasteiger partial charge on any atom is 0.490 e. The van der Waals surface area contributed by atoms with Gasteiger partial charge in [0.1, 0.15) is 5.82 Å². The zero-order chi connectivity index (χ0) is 14.8. The van der Waals surface area contributed by atoms with Crippen molar-refractivity contribution in [3.63, 3.8) is 0 Å². The fourth-order valence-corrected chi connectivity index (χ4v) is 2.54. The summed E-state index contributed by atoms with van der Waals surface area (Å²) in [7, 11) is -1.53. The van der Waals surface area contributed by atoms with Gasteiger partial charge < -0.3 is 10.0 Å². The Balaban J connectivity index is 1.79. The molecule has 0 unspecified atom stereocenters. The Morgan fingerprint density at radius 2 is 2.05 bits per heavy atom. The standard InChI is InChI=1S/C15H15BN2O3/c19-14(8-11-4-2-1-3-5-11)18-7-6-12-9-13(16(20)21)10-17-15(12)18/h1-5,9-10,20-21H,6-8H2. The molecule has 1 aliphatic rings. The second-order valence-electron chi connectivity index (χ2n) is 5.08. The fourth-order valence-electron chi connectivity index (χ4n) is 2.54. The van der Waals surface area contributed by atoms with Crippen molar-refractivity contribution in [2.24, 2.45) is 0 Å². The highest BCUT2D eigenvalue weighted by Gasteiger charge is 2.27. The minimum absolute atomic E-state index is 0.00440. The quantitative estimate of drug-likeness (QED) is 0.771.